The van der Waals surface area contributed by atoms with E-state index in [2.05, 4.69) is 15.5 Å². The predicted molar refractivity (Wildman–Crippen MR) is 91.4 cm³/mol. The van der Waals surface area contributed by atoms with E-state index in [1.807, 2.05) is 0 Å². The average molecular weight is 354 g/mol. The van der Waals surface area contributed by atoms with Crippen LogP contribution in [0.2, 0.25) is 0 Å². The van der Waals surface area contributed by atoms with Gasteiger partial charge in [-0.25, -0.2) is 0 Å². The quantitative estimate of drug-likeness (QED) is 0.748. The summed E-state index contributed by atoms with van der Waals surface area (Å²) in [6.07, 6.45) is 4.43. The lowest BCUT2D eigenvalue weighted by atomic mass is 10.0. The molecule has 2 amide bonds. The van der Waals surface area contributed by atoms with Crippen molar-refractivity contribution >= 4 is 11.8 Å². The predicted octanol–water partition coefficient (Wildman–Crippen LogP) is 2.30. The van der Waals surface area contributed by atoms with Gasteiger partial charge in [0.15, 0.2) is 17.2 Å². The van der Waals surface area contributed by atoms with E-state index < -0.39 is 0 Å². The summed E-state index contributed by atoms with van der Waals surface area (Å²) in [4.78, 5) is 26.4. The van der Waals surface area contributed by atoms with Crippen molar-refractivity contribution < 1.29 is 18.4 Å². The van der Waals surface area contributed by atoms with Crippen LogP contribution in [0, 0.1) is 0 Å². The van der Waals surface area contributed by atoms with Crippen LogP contribution < -0.4 is 5.32 Å². The molecule has 0 saturated carbocycles. The number of aromatic nitrogens is 2. The Hall–Kier alpha value is -3.29. The molecule has 0 aromatic carbocycles. The van der Waals surface area contributed by atoms with E-state index in [9.17, 15) is 9.59 Å². The van der Waals surface area contributed by atoms with Gasteiger partial charge in [-0.05, 0) is 37.1 Å². The van der Waals surface area contributed by atoms with Gasteiger partial charge >= 0.3 is 0 Å². The van der Waals surface area contributed by atoms with Crippen molar-refractivity contribution in [3.63, 3.8) is 0 Å². The fourth-order valence-electron chi connectivity index (χ4n) is 3.04. The van der Waals surface area contributed by atoms with Crippen LogP contribution in [0.1, 0.15) is 33.9 Å². The second-order valence-corrected chi connectivity index (χ2v) is 6.16. The van der Waals surface area contributed by atoms with Crippen LogP contribution in [0.4, 0.5) is 0 Å². The number of furan rings is 2. The summed E-state index contributed by atoms with van der Waals surface area (Å²) in [5.74, 6) is 0.612. The zero-order valence-electron chi connectivity index (χ0n) is 14.0. The Morgan fingerprint density at radius 3 is 2.62 bits per heavy atom. The molecule has 0 unspecified atom stereocenters. The number of likely N-dealkylation sites (tertiary alicyclic amines) is 1. The molecule has 2 N–H and O–H groups in total. The molecule has 0 bridgehead atoms. The van der Waals surface area contributed by atoms with Gasteiger partial charge in [-0.3, -0.25) is 14.7 Å². The van der Waals surface area contributed by atoms with Gasteiger partial charge in [0.2, 0.25) is 0 Å². The van der Waals surface area contributed by atoms with Crippen molar-refractivity contribution in [2.75, 3.05) is 13.1 Å². The summed E-state index contributed by atoms with van der Waals surface area (Å²) < 4.78 is 10.4. The molecule has 8 heteroatoms. The summed E-state index contributed by atoms with van der Waals surface area (Å²) in [6, 6.07) is 8.58. The number of carbonyl (C=O) groups excluding carboxylic acids is 2. The van der Waals surface area contributed by atoms with Crippen molar-refractivity contribution in [3.8, 4) is 11.5 Å². The molecule has 4 rings (SSSR count). The second kappa shape index (κ2) is 6.91. The van der Waals surface area contributed by atoms with Gasteiger partial charge in [0.25, 0.3) is 11.8 Å². The highest BCUT2D eigenvalue weighted by molar-refractivity contribution is 5.93. The third kappa shape index (κ3) is 3.26. The number of hydrogen-bond donors (Lipinski definition) is 2. The Labute approximate surface area is 149 Å². The van der Waals surface area contributed by atoms with Crippen LogP contribution in [0.15, 0.2) is 51.7 Å². The van der Waals surface area contributed by atoms with Crippen LogP contribution in [-0.4, -0.2) is 46.0 Å². The van der Waals surface area contributed by atoms with Crippen molar-refractivity contribution in [3.05, 3.63) is 54.3 Å². The van der Waals surface area contributed by atoms with E-state index in [1.54, 1.807) is 41.5 Å². The standard InChI is InChI=1S/C18H18N4O4/c23-17(14-11-13(20-21-14)15-3-1-9-25-15)19-12-5-7-22(8-6-12)18(24)16-4-2-10-26-16/h1-4,9-12H,5-8H2,(H,19,23)(H,20,21). The molecule has 0 radical (unpaired) electrons. The van der Waals surface area contributed by atoms with E-state index in [0.717, 1.165) is 0 Å². The van der Waals surface area contributed by atoms with E-state index in [4.69, 9.17) is 8.83 Å². The number of nitrogens with zero attached hydrogens (tertiary/aromatic N) is 2. The minimum absolute atomic E-state index is 0.00640. The number of aromatic amines is 1. The molecule has 1 aliphatic heterocycles. The summed E-state index contributed by atoms with van der Waals surface area (Å²) in [5, 5.41) is 9.81. The van der Waals surface area contributed by atoms with Gasteiger partial charge in [0, 0.05) is 25.2 Å². The van der Waals surface area contributed by atoms with Gasteiger partial charge in [-0.1, -0.05) is 0 Å². The average Bonchev–Trinajstić information content (AvgIpc) is 3.43. The van der Waals surface area contributed by atoms with Crippen LogP contribution in [0.25, 0.3) is 11.5 Å². The highest BCUT2D eigenvalue weighted by Gasteiger charge is 2.26. The molecular weight excluding hydrogens is 336 g/mol. The van der Waals surface area contributed by atoms with Crippen molar-refractivity contribution in [2.24, 2.45) is 0 Å². The van der Waals surface area contributed by atoms with Gasteiger partial charge in [0.05, 0.1) is 12.5 Å². The van der Waals surface area contributed by atoms with Crippen LogP contribution >= 0.6 is 0 Å². The summed E-state index contributed by atoms with van der Waals surface area (Å²) in [7, 11) is 0. The molecule has 1 saturated heterocycles. The number of piperidine rings is 1. The Morgan fingerprint density at radius 2 is 1.92 bits per heavy atom. The Morgan fingerprint density at radius 1 is 1.15 bits per heavy atom. The molecule has 134 valence electrons. The number of hydrogen-bond acceptors (Lipinski definition) is 5. The lowest BCUT2D eigenvalue weighted by molar-refractivity contribution is 0.0667. The second-order valence-electron chi connectivity index (χ2n) is 6.16. The molecule has 0 atom stereocenters. The number of H-pyrrole nitrogens is 1. The maximum Gasteiger partial charge on any atom is 0.289 e. The number of nitrogens with one attached hydrogen (secondary N) is 2. The maximum absolute atomic E-state index is 12.4. The molecule has 3 aromatic heterocycles. The first-order valence-electron chi connectivity index (χ1n) is 8.43. The molecule has 4 heterocycles. The molecular formula is C18H18N4O4. The third-order valence-corrected chi connectivity index (χ3v) is 4.45. The molecule has 8 nitrogen and oxygen atoms in total. The Kier molecular flexibility index (Phi) is 4.30. The van der Waals surface area contributed by atoms with Gasteiger partial charge < -0.3 is 19.1 Å². The summed E-state index contributed by atoms with van der Waals surface area (Å²) in [6.45, 7) is 1.14. The first-order valence-corrected chi connectivity index (χ1v) is 8.43. The molecule has 26 heavy (non-hydrogen) atoms. The maximum atomic E-state index is 12.4. The minimum atomic E-state index is -0.241. The van der Waals surface area contributed by atoms with Gasteiger partial charge in [-0.2, -0.15) is 5.10 Å². The van der Waals surface area contributed by atoms with Gasteiger partial charge in [0.1, 0.15) is 5.69 Å². The molecule has 1 aliphatic rings. The van der Waals surface area contributed by atoms with Crippen LogP contribution in [0.3, 0.4) is 0 Å². The zero-order valence-corrected chi connectivity index (χ0v) is 14.0. The lowest BCUT2D eigenvalue weighted by Crippen LogP contribution is -2.46. The van der Waals surface area contributed by atoms with Crippen LogP contribution in [0.5, 0.6) is 0 Å². The summed E-state index contributed by atoms with van der Waals surface area (Å²) in [5.41, 5.74) is 0.963. The first-order chi connectivity index (χ1) is 12.7. The fraction of sp³-hybridized carbons (Fsp3) is 0.278. The first kappa shape index (κ1) is 16.2. The topological polar surface area (TPSA) is 104 Å². The molecule has 0 aliphatic carbocycles. The largest absolute Gasteiger partial charge is 0.463 e. The SMILES string of the molecule is O=C(NC1CCN(C(=O)c2ccco2)CC1)c1cc(-c2ccco2)[nH]n1. The zero-order chi connectivity index (χ0) is 17.9. The molecule has 3 aromatic rings. The van der Waals surface area contributed by atoms with E-state index in [0.29, 0.717) is 48.8 Å². The van der Waals surface area contributed by atoms with Crippen molar-refractivity contribution in [2.45, 2.75) is 18.9 Å². The smallest absolute Gasteiger partial charge is 0.289 e. The van der Waals surface area contributed by atoms with Gasteiger partial charge in [-0.15, -0.1) is 0 Å². The van der Waals surface area contributed by atoms with Crippen molar-refractivity contribution in [1.82, 2.24) is 20.4 Å². The number of carbonyl (C=O) groups is 2. The highest BCUT2D eigenvalue weighted by atomic mass is 16.3. The lowest BCUT2D eigenvalue weighted by Gasteiger charge is -2.31. The fourth-order valence-corrected chi connectivity index (χ4v) is 3.04. The van der Waals surface area contributed by atoms with Crippen LogP contribution in [-0.2, 0) is 0 Å². The third-order valence-electron chi connectivity index (χ3n) is 4.45. The number of amides is 2. The molecule has 1 fully saturated rings. The van der Waals surface area contributed by atoms with E-state index in [1.165, 1.54) is 6.26 Å². The Balaban J connectivity index is 1.31. The van der Waals surface area contributed by atoms with Crippen molar-refractivity contribution in [1.29, 1.82) is 0 Å². The Bertz CT molecular complexity index is 874. The van der Waals surface area contributed by atoms with E-state index >= 15 is 0 Å². The van der Waals surface area contributed by atoms with E-state index in [-0.39, 0.29) is 17.9 Å². The normalized spacial score (nSPS) is 15.2. The highest BCUT2D eigenvalue weighted by Crippen LogP contribution is 2.18. The minimum Gasteiger partial charge on any atom is -0.463 e. The summed E-state index contributed by atoms with van der Waals surface area (Å²) >= 11 is 0. The number of rotatable bonds is 4. The molecule has 0 spiro atoms. The monoisotopic (exact) mass is 354 g/mol.